The minimum atomic E-state index is -3.91. The number of aryl methyl sites for hydroxylation is 1. The van der Waals surface area contributed by atoms with Gasteiger partial charge >= 0.3 is 5.97 Å². The van der Waals surface area contributed by atoms with Gasteiger partial charge in [-0.15, -0.1) is 0 Å². The molecule has 0 atom stereocenters. The molecule has 18 heavy (non-hydrogen) atoms. The first kappa shape index (κ1) is 14.4. The maximum Gasteiger partial charge on any atom is 0.339 e. The molecule has 0 aliphatic heterocycles. The van der Waals surface area contributed by atoms with E-state index in [4.69, 9.17) is 10.2 Å². The number of phenols is 1. The Labute approximate surface area is 104 Å². The lowest BCUT2D eigenvalue weighted by Gasteiger charge is -2.10. The fourth-order valence-electron chi connectivity index (χ4n) is 1.39. The molecule has 8 heteroatoms. The molecular weight excluding hydrogens is 262 g/mol. The highest BCUT2D eigenvalue weighted by molar-refractivity contribution is 7.89. The monoisotopic (exact) mass is 275 g/mol. The smallest absolute Gasteiger partial charge is 0.339 e. The normalized spacial score (nSPS) is 11.4. The van der Waals surface area contributed by atoms with Crippen molar-refractivity contribution in [3.8, 4) is 5.75 Å². The number of rotatable bonds is 5. The molecule has 0 aromatic heterocycles. The molecule has 0 amide bonds. The van der Waals surface area contributed by atoms with Gasteiger partial charge in [-0.3, -0.25) is 0 Å². The van der Waals surface area contributed by atoms with Gasteiger partial charge in [-0.25, -0.2) is 17.9 Å². The van der Waals surface area contributed by atoms with Gasteiger partial charge < -0.3 is 15.3 Å². The van der Waals surface area contributed by atoms with Crippen LogP contribution in [0, 0.1) is 6.92 Å². The summed E-state index contributed by atoms with van der Waals surface area (Å²) in [5, 5.41) is 26.8. The molecule has 0 aliphatic carbocycles. The summed E-state index contributed by atoms with van der Waals surface area (Å²) in [5.74, 6) is -1.92. The average molecular weight is 275 g/mol. The molecule has 0 fully saturated rings. The molecule has 0 heterocycles. The van der Waals surface area contributed by atoms with Gasteiger partial charge in [0, 0.05) is 6.54 Å². The van der Waals surface area contributed by atoms with E-state index in [0.717, 1.165) is 12.1 Å². The van der Waals surface area contributed by atoms with Gasteiger partial charge in [0.25, 0.3) is 0 Å². The number of carbonyl (C=O) groups is 1. The minimum Gasteiger partial charge on any atom is -0.507 e. The number of nitrogens with one attached hydrogen (secondary N) is 1. The molecule has 0 bridgehead atoms. The zero-order valence-electron chi connectivity index (χ0n) is 9.54. The molecule has 100 valence electrons. The van der Waals surface area contributed by atoms with Crippen LogP contribution in [-0.2, 0) is 10.0 Å². The number of carboxylic acids is 1. The van der Waals surface area contributed by atoms with Crippen molar-refractivity contribution in [1.82, 2.24) is 4.72 Å². The second-order valence-corrected chi connectivity index (χ2v) is 5.30. The molecule has 1 aromatic rings. The number of aromatic carboxylic acids is 1. The van der Waals surface area contributed by atoms with Crippen LogP contribution in [0.2, 0.25) is 0 Å². The predicted octanol–water partition coefficient (Wildman–Crippen LogP) is -0.331. The van der Waals surface area contributed by atoms with Gasteiger partial charge in [-0.05, 0) is 24.6 Å². The van der Waals surface area contributed by atoms with E-state index in [1.54, 1.807) is 0 Å². The number of hydrogen-bond acceptors (Lipinski definition) is 5. The third kappa shape index (κ3) is 2.97. The zero-order valence-corrected chi connectivity index (χ0v) is 10.4. The molecule has 1 rings (SSSR count). The summed E-state index contributed by atoms with van der Waals surface area (Å²) in [6, 6.07) is 1.95. The minimum absolute atomic E-state index is 0.176. The van der Waals surface area contributed by atoms with Gasteiger partial charge in [0.1, 0.15) is 11.3 Å². The number of benzene rings is 1. The van der Waals surface area contributed by atoms with Crippen LogP contribution in [0.4, 0.5) is 0 Å². The summed E-state index contributed by atoms with van der Waals surface area (Å²) in [6.07, 6.45) is 0. The second kappa shape index (κ2) is 5.34. The number of carboxylic acid groups (broad SMARTS) is 1. The van der Waals surface area contributed by atoms with Crippen molar-refractivity contribution < 1.29 is 28.5 Å². The van der Waals surface area contributed by atoms with Crippen molar-refractivity contribution in [1.29, 1.82) is 0 Å². The Morgan fingerprint density at radius 1 is 1.39 bits per heavy atom. The second-order valence-electron chi connectivity index (χ2n) is 3.56. The van der Waals surface area contributed by atoms with E-state index in [1.807, 2.05) is 0 Å². The highest BCUT2D eigenvalue weighted by Gasteiger charge is 2.21. The summed E-state index contributed by atoms with van der Waals surface area (Å²) in [4.78, 5) is 10.6. The van der Waals surface area contributed by atoms with Crippen molar-refractivity contribution in [2.75, 3.05) is 13.2 Å². The topological polar surface area (TPSA) is 124 Å². The quantitative estimate of drug-likeness (QED) is 0.583. The highest BCUT2D eigenvalue weighted by atomic mass is 32.2. The number of hydrogen-bond donors (Lipinski definition) is 4. The third-order valence-corrected chi connectivity index (χ3v) is 3.82. The molecule has 1 aromatic carbocycles. The van der Waals surface area contributed by atoms with E-state index in [9.17, 15) is 18.3 Å². The largest absolute Gasteiger partial charge is 0.507 e. The first-order valence-corrected chi connectivity index (χ1v) is 6.45. The maximum atomic E-state index is 11.8. The molecule has 0 saturated carbocycles. The lowest BCUT2D eigenvalue weighted by atomic mass is 10.1. The lowest BCUT2D eigenvalue weighted by Crippen LogP contribution is -2.27. The van der Waals surface area contributed by atoms with Gasteiger partial charge in [0.05, 0.1) is 11.5 Å². The Hall–Kier alpha value is -1.64. The van der Waals surface area contributed by atoms with Crippen LogP contribution >= 0.6 is 0 Å². The van der Waals surface area contributed by atoms with Gasteiger partial charge in [0.15, 0.2) is 0 Å². The first-order chi connectivity index (χ1) is 8.29. The molecule has 4 N–H and O–H groups in total. The molecule has 0 aliphatic rings. The Bertz CT molecular complexity index is 566. The van der Waals surface area contributed by atoms with Crippen molar-refractivity contribution in [2.45, 2.75) is 11.8 Å². The summed E-state index contributed by atoms with van der Waals surface area (Å²) in [5.41, 5.74) is -0.284. The summed E-state index contributed by atoms with van der Waals surface area (Å²) < 4.78 is 25.7. The van der Waals surface area contributed by atoms with Crippen LogP contribution in [0.25, 0.3) is 0 Å². The van der Waals surface area contributed by atoms with Crippen molar-refractivity contribution in [2.24, 2.45) is 0 Å². The van der Waals surface area contributed by atoms with Crippen LogP contribution in [0.1, 0.15) is 15.9 Å². The predicted molar refractivity (Wildman–Crippen MR) is 62.1 cm³/mol. The average Bonchev–Trinajstić information content (AvgIpc) is 2.25. The van der Waals surface area contributed by atoms with Crippen LogP contribution < -0.4 is 4.72 Å². The SMILES string of the molecule is Cc1cc(O)c(C(=O)O)cc1S(=O)(=O)NCCO. The number of aliphatic hydroxyl groups excluding tert-OH is 1. The van der Waals surface area contributed by atoms with Crippen molar-refractivity contribution in [3.05, 3.63) is 23.3 Å². The number of aliphatic hydroxyl groups is 1. The van der Waals surface area contributed by atoms with Crippen LogP contribution in [0.3, 0.4) is 0 Å². The fraction of sp³-hybridized carbons (Fsp3) is 0.300. The van der Waals surface area contributed by atoms with Crippen LogP contribution in [0.5, 0.6) is 5.75 Å². The number of sulfonamides is 1. The molecule has 0 unspecified atom stereocenters. The lowest BCUT2D eigenvalue weighted by molar-refractivity contribution is 0.0693. The summed E-state index contributed by atoms with van der Waals surface area (Å²) in [6.45, 7) is 0.881. The maximum absolute atomic E-state index is 11.8. The van der Waals surface area contributed by atoms with E-state index in [1.165, 1.54) is 6.92 Å². The van der Waals surface area contributed by atoms with Gasteiger partial charge in [0.2, 0.25) is 10.0 Å². The van der Waals surface area contributed by atoms with E-state index in [2.05, 4.69) is 4.72 Å². The number of aromatic hydroxyl groups is 1. The standard InChI is InChI=1S/C10H13NO6S/c1-6-4-8(13)7(10(14)15)5-9(6)18(16,17)11-2-3-12/h4-5,11-13H,2-3H2,1H3,(H,14,15). The van der Waals surface area contributed by atoms with Crippen LogP contribution in [0.15, 0.2) is 17.0 Å². The van der Waals surface area contributed by atoms with Crippen molar-refractivity contribution >= 4 is 16.0 Å². The van der Waals surface area contributed by atoms with E-state index >= 15 is 0 Å². The first-order valence-electron chi connectivity index (χ1n) is 4.97. The molecule has 0 radical (unpaired) electrons. The fourth-order valence-corrected chi connectivity index (χ4v) is 2.66. The third-order valence-electron chi connectivity index (χ3n) is 2.22. The Kier molecular flexibility index (Phi) is 4.28. The summed E-state index contributed by atoms with van der Waals surface area (Å²) >= 11 is 0. The van der Waals surface area contributed by atoms with E-state index in [0.29, 0.717) is 0 Å². The molecular formula is C10H13NO6S. The Morgan fingerprint density at radius 2 is 2.00 bits per heavy atom. The highest BCUT2D eigenvalue weighted by Crippen LogP contribution is 2.25. The Morgan fingerprint density at radius 3 is 2.50 bits per heavy atom. The molecule has 7 nitrogen and oxygen atoms in total. The van der Waals surface area contributed by atoms with E-state index < -0.39 is 27.3 Å². The molecule has 0 saturated heterocycles. The summed E-state index contributed by atoms with van der Waals surface area (Å²) in [7, 11) is -3.91. The van der Waals surface area contributed by atoms with E-state index in [-0.39, 0.29) is 23.6 Å². The van der Waals surface area contributed by atoms with Gasteiger partial charge in [-0.2, -0.15) is 0 Å². The van der Waals surface area contributed by atoms with Gasteiger partial charge in [-0.1, -0.05) is 0 Å². The molecule has 0 spiro atoms. The van der Waals surface area contributed by atoms with Crippen LogP contribution in [-0.4, -0.2) is 42.9 Å². The zero-order chi connectivity index (χ0) is 13.9. The van der Waals surface area contributed by atoms with Crippen molar-refractivity contribution in [3.63, 3.8) is 0 Å². The Balaban J connectivity index is 3.33.